The van der Waals surface area contributed by atoms with E-state index in [9.17, 15) is 0 Å². The molecule has 0 N–H and O–H groups in total. The Bertz CT molecular complexity index is 814. The number of hydrogen-bond donors (Lipinski definition) is 0. The highest BCUT2D eigenvalue weighted by Gasteiger charge is 2.11. The molecule has 0 amide bonds. The van der Waals surface area contributed by atoms with Crippen molar-refractivity contribution in [3.8, 4) is 22.9 Å². The number of aryl methyl sites for hydroxylation is 1. The molecule has 0 unspecified atom stereocenters. The second-order valence-electron chi connectivity index (χ2n) is 5.14. The summed E-state index contributed by atoms with van der Waals surface area (Å²) in [4.78, 5) is 1.59. The van der Waals surface area contributed by atoms with E-state index in [2.05, 4.69) is 34.5 Å². The average Bonchev–Trinajstić information content (AvgIpc) is 3.05. The molecule has 0 bridgehead atoms. The molecule has 0 radical (unpaired) electrons. The summed E-state index contributed by atoms with van der Waals surface area (Å²) in [6, 6.07) is 13.7. The van der Waals surface area contributed by atoms with Gasteiger partial charge >= 0.3 is 0 Å². The molecule has 0 aliphatic rings. The fourth-order valence-corrected chi connectivity index (χ4v) is 2.34. The minimum Gasteiger partial charge on any atom is -0.493 e. The summed E-state index contributed by atoms with van der Waals surface area (Å²) in [7, 11) is 3.21. The zero-order valence-electron chi connectivity index (χ0n) is 13.4. The fraction of sp³-hybridized carbons (Fsp3) is 0.235. The lowest BCUT2D eigenvalue weighted by atomic mass is 10.1. The van der Waals surface area contributed by atoms with E-state index in [1.807, 2.05) is 30.3 Å². The maximum atomic E-state index is 5.31. The molecule has 0 aliphatic heterocycles. The highest BCUT2D eigenvalue weighted by Crippen LogP contribution is 2.30. The Hall–Kier alpha value is -2.89. The molecule has 118 valence electrons. The van der Waals surface area contributed by atoms with Crippen LogP contribution in [0.25, 0.3) is 11.4 Å². The van der Waals surface area contributed by atoms with Crippen molar-refractivity contribution in [3.63, 3.8) is 0 Å². The molecule has 0 saturated carbocycles. The largest absolute Gasteiger partial charge is 0.493 e. The molecule has 0 atom stereocenters. The zero-order valence-corrected chi connectivity index (χ0v) is 13.4. The van der Waals surface area contributed by atoms with Crippen LogP contribution >= 0.6 is 0 Å². The van der Waals surface area contributed by atoms with Gasteiger partial charge in [-0.2, -0.15) is 4.80 Å². The van der Waals surface area contributed by atoms with Gasteiger partial charge in [-0.05, 0) is 41.5 Å². The molecule has 1 aromatic heterocycles. The van der Waals surface area contributed by atoms with Crippen molar-refractivity contribution < 1.29 is 9.47 Å². The standard InChI is InChI=1S/C17H18N4O2/c1-12-6-4-5-7-14(12)11-21-19-17(18-20-21)13-8-9-15(22-2)16(10-13)23-3/h4-10H,11H2,1-3H3. The van der Waals surface area contributed by atoms with E-state index < -0.39 is 0 Å². The van der Waals surface area contributed by atoms with Gasteiger partial charge in [-0.15, -0.1) is 10.2 Å². The molecule has 3 rings (SSSR count). The second-order valence-corrected chi connectivity index (χ2v) is 5.14. The van der Waals surface area contributed by atoms with Crippen molar-refractivity contribution in [1.29, 1.82) is 0 Å². The van der Waals surface area contributed by atoms with Gasteiger partial charge in [-0.3, -0.25) is 0 Å². The SMILES string of the molecule is COc1ccc(-c2nnn(Cc3ccccc3C)n2)cc1OC. The topological polar surface area (TPSA) is 62.1 Å². The Morgan fingerprint density at radius 3 is 2.52 bits per heavy atom. The molecule has 1 heterocycles. The number of benzene rings is 2. The van der Waals surface area contributed by atoms with Gasteiger partial charge in [-0.25, -0.2) is 0 Å². The number of methoxy groups -OCH3 is 2. The Morgan fingerprint density at radius 1 is 1.00 bits per heavy atom. The third kappa shape index (κ3) is 3.15. The second kappa shape index (κ2) is 6.48. The van der Waals surface area contributed by atoms with Crippen LogP contribution in [0.4, 0.5) is 0 Å². The minimum atomic E-state index is 0.555. The van der Waals surface area contributed by atoms with Crippen LogP contribution in [-0.4, -0.2) is 34.4 Å². The number of nitrogens with zero attached hydrogens (tertiary/aromatic N) is 4. The summed E-state index contributed by atoms with van der Waals surface area (Å²) >= 11 is 0. The van der Waals surface area contributed by atoms with Crippen LogP contribution in [0.2, 0.25) is 0 Å². The lowest BCUT2D eigenvalue weighted by Gasteiger charge is -2.07. The maximum absolute atomic E-state index is 5.31. The van der Waals surface area contributed by atoms with Gasteiger partial charge in [0.1, 0.15) is 0 Å². The van der Waals surface area contributed by atoms with Crippen LogP contribution in [0.3, 0.4) is 0 Å². The molecule has 23 heavy (non-hydrogen) atoms. The molecule has 0 fully saturated rings. The van der Waals surface area contributed by atoms with Gasteiger partial charge in [-0.1, -0.05) is 24.3 Å². The lowest BCUT2D eigenvalue weighted by Crippen LogP contribution is -2.05. The lowest BCUT2D eigenvalue weighted by molar-refractivity contribution is 0.355. The van der Waals surface area contributed by atoms with Crippen LogP contribution in [0, 0.1) is 6.92 Å². The van der Waals surface area contributed by atoms with E-state index in [4.69, 9.17) is 9.47 Å². The van der Waals surface area contributed by atoms with Gasteiger partial charge in [0.25, 0.3) is 0 Å². The van der Waals surface area contributed by atoms with Gasteiger partial charge in [0, 0.05) is 5.56 Å². The predicted molar refractivity (Wildman–Crippen MR) is 86.6 cm³/mol. The van der Waals surface area contributed by atoms with Crippen molar-refractivity contribution in [3.05, 3.63) is 53.6 Å². The molecule has 0 saturated heterocycles. The first-order chi connectivity index (χ1) is 11.2. The summed E-state index contributed by atoms with van der Waals surface area (Å²) in [6.07, 6.45) is 0. The van der Waals surface area contributed by atoms with E-state index in [0.29, 0.717) is 23.9 Å². The quantitative estimate of drug-likeness (QED) is 0.725. The molecule has 3 aromatic rings. The van der Waals surface area contributed by atoms with Gasteiger partial charge in [0.05, 0.1) is 20.8 Å². The normalized spacial score (nSPS) is 10.6. The van der Waals surface area contributed by atoms with Crippen molar-refractivity contribution in [1.82, 2.24) is 20.2 Å². The Balaban J connectivity index is 1.86. The molecular weight excluding hydrogens is 292 g/mol. The zero-order chi connectivity index (χ0) is 16.2. The molecule has 2 aromatic carbocycles. The Kier molecular flexibility index (Phi) is 4.23. The third-order valence-electron chi connectivity index (χ3n) is 3.67. The van der Waals surface area contributed by atoms with Gasteiger partial charge < -0.3 is 9.47 Å². The summed E-state index contributed by atoms with van der Waals surface area (Å²) in [6.45, 7) is 2.66. The molecule has 6 heteroatoms. The first kappa shape index (κ1) is 15.0. The number of rotatable bonds is 5. The maximum Gasteiger partial charge on any atom is 0.205 e. The van der Waals surface area contributed by atoms with E-state index in [-0.39, 0.29) is 0 Å². The molecule has 0 aliphatic carbocycles. The highest BCUT2D eigenvalue weighted by atomic mass is 16.5. The average molecular weight is 310 g/mol. The van der Waals surface area contributed by atoms with Crippen LogP contribution in [0.15, 0.2) is 42.5 Å². The summed E-state index contributed by atoms with van der Waals surface area (Å²) in [5.41, 5.74) is 3.21. The number of tetrazole rings is 1. The smallest absolute Gasteiger partial charge is 0.205 e. The molecular formula is C17H18N4O2. The Labute approximate surface area is 134 Å². The third-order valence-corrected chi connectivity index (χ3v) is 3.67. The van der Waals surface area contributed by atoms with Crippen LogP contribution in [0.5, 0.6) is 11.5 Å². The van der Waals surface area contributed by atoms with Crippen LogP contribution < -0.4 is 9.47 Å². The first-order valence-electron chi connectivity index (χ1n) is 7.26. The predicted octanol–water partition coefficient (Wildman–Crippen LogP) is 2.71. The summed E-state index contributed by atoms with van der Waals surface area (Å²) in [5.74, 6) is 1.86. The number of aromatic nitrogens is 4. The van der Waals surface area contributed by atoms with E-state index in [1.165, 1.54) is 11.1 Å². The van der Waals surface area contributed by atoms with E-state index in [1.54, 1.807) is 19.0 Å². The Morgan fingerprint density at radius 2 is 1.78 bits per heavy atom. The molecule has 0 spiro atoms. The van der Waals surface area contributed by atoms with E-state index >= 15 is 0 Å². The molecule has 6 nitrogen and oxygen atoms in total. The van der Waals surface area contributed by atoms with Crippen molar-refractivity contribution in [2.45, 2.75) is 13.5 Å². The van der Waals surface area contributed by atoms with Crippen molar-refractivity contribution >= 4 is 0 Å². The number of hydrogen-bond acceptors (Lipinski definition) is 5. The van der Waals surface area contributed by atoms with Crippen LogP contribution in [-0.2, 0) is 6.54 Å². The fourth-order valence-electron chi connectivity index (χ4n) is 2.34. The van der Waals surface area contributed by atoms with Crippen LogP contribution in [0.1, 0.15) is 11.1 Å². The van der Waals surface area contributed by atoms with E-state index in [0.717, 1.165) is 5.56 Å². The summed E-state index contributed by atoms with van der Waals surface area (Å²) in [5, 5.41) is 12.7. The van der Waals surface area contributed by atoms with Crippen molar-refractivity contribution in [2.24, 2.45) is 0 Å². The first-order valence-corrected chi connectivity index (χ1v) is 7.26. The van der Waals surface area contributed by atoms with Crippen molar-refractivity contribution in [2.75, 3.05) is 14.2 Å². The van der Waals surface area contributed by atoms with Gasteiger partial charge in [0.15, 0.2) is 11.5 Å². The summed E-state index contributed by atoms with van der Waals surface area (Å²) < 4.78 is 10.5. The number of ether oxygens (including phenoxy) is 2. The van der Waals surface area contributed by atoms with Gasteiger partial charge in [0.2, 0.25) is 5.82 Å². The highest BCUT2D eigenvalue weighted by molar-refractivity contribution is 5.60. The monoisotopic (exact) mass is 310 g/mol. The minimum absolute atomic E-state index is 0.555.